The van der Waals surface area contributed by atoms with Crippen molar-refractivity contribution in [1.82, 2.24) is 14.5 Å². The van der Waals surface area contributed by atoms with E-state index in [9.17, 15) is 9.59 Å². The molecule has 29 heavy (non-hydrogen) atoms. The standard InChI is InChI=1S/C21H25N3O3S2/c1-5-6-9-24-19(25)16-8-7-14(20(26)27-4)10-17(16)23-21(24)29-12-15-11-28-18(22-15)13(2)3/h7-8,10-11,13H,5-6,9,12H2,1-4H3. The Labute approximate surface area is 178 Å². The van der Waals surface area contributed by atoms with Crippen molar-refractivity contribution in [3.63, 3.8) is 0 Å². The van der Waals surface area contributed by atoms with Gasteiger partial charge in [0.25, 0.3) is 5.56 Å². The first-order valence-electron chi connectivity index (χ1n) is 9.64. The summed E-state index contributed by atoms with van der Waals surface area (Å²) in [4.78, 5) is 34.3. The zero-order valence-electron chi connectivity index (χ0n) is 17.1. The summed E-state index contributed by atoms with van der Waals surface area (Å²) in [5.74, 6) is 0.600. The molecule has 0 radical (unpaired) electrons. The minimum atomic E-state index is -0.443. The van der Waals surface area contributed by atoms with Crippen molar-refractivity contribution in [1.29, 1.82) is 0 Å². The van der Waals surface area contributed by atoms with E-state index in [0.717, 1.165) is 23.5 Å². The molecular formula is C21H25N3O3S2. The SMILES string of the molecule is CCCCn1c(SCc2csc(C(C)C)n2)nc2cc(C(=O)OC)ccc2c1=O. The molecule has 6 nitrogen and oxygen atoms in total. The average molecular weight is 432 g/mol. The molecule has 0 aliphatic rings. The molecule has 8 heteroatoms. The monoisotopic (exact) mass is 431 g/mol. The Hall–Kier alpha value is -2.19. The fourth-order valence-electron chi connectivity index (χ4n) is 2.86. The number of thiazole rings is 1. The Kier molecular flexibility index (Phi) is 7.08. The molecule has 2 aromatic heterocycles. The summed E-state index contributed by atoms with van der Waals surface area (Å²) >= 11 is 3.16. The van der Waals surface area contributed by atoms with E-state index in [4.69, 9.17) is 9.72 Å². The van der Waals surface area contributed by atoms with Crippen LogP contribution in [-0.2, 0) is 17.0 Å². The molecule has 0 bridgehead atoms. The van der Waals surface area contributed by atoms with Gasteiger partial charge in [0, 0.05) is 23.6 Å². The lowest BCUT2D eigenvalue weighted by Gasteiger charge is -2.13. The zero-order valence-corrected chi connectivity index (χ0v) is 18.7. The average Bonchev–Trinajstić information content (AvgIpc) is 3.20. The van der Waals surface area contributed by atoms with E-state index in [1.165, 1.54) is 18.9 Å². The molecule has 0 spiro atoms. The number of thioether (sulfide) groups is 1. The molecule has 3 rings (SSSR count). The van der Waals surface area contributed by atoms with Gasteiger partial charge in [-0.3, -0.25) is 9.36 Å². The Morgan fingerprint density at radius 1 is 1.31 bits per heavy atom. The molecule has 0 aliphatic carbocycles. The van der Waals surface area contributed by atoms with Crippen molar-refractivity contribution < 1.29 is 9.53 Å². The number of unbranched alkanes of at least 4 members (excludes halogenated alkanes) is 1. The molecule has 0 atom stereocenters. The summed E-state index contributed by atoms with van der Waals surface area (Å²) in [7, 11) is 1.34. The number of benzene rings is 1. The summed E-state index contributed by atoms with van der Waals surface area (Å²) in [6.07, 6.45) is 1.88. The van der Waals surface area contributed by atoms with Gasteiger partial charge in [-0.15, -0.1) is 11.3 Å². The number of aromatic nitrogens is 3. The Morgan fingerprint density at radius 3 is 2.76 bits per heavy atom. The van der Waals surface area contributed by atoms with Gasteiger partial charge in [0.05, 0.1) is 34.3 Å². The molecule has 1 aromatic carbocycles. The third kappa shape index (κ3) is 4.87. The summed E-state index contributed by atoms with van der Waals surface area (Å²) in [5.41, 5.74) is 1.80. The largest absolute Gasteiger partial charge is 0.465 e. The number of hydrogen-bond donors (Lipinski definition) is 0. The van der Waals surface area contributed by atoms with Crippen molar-refractivity contribution in [3.8, 4) is 0 Å². The maximum Gasteiger partial charge on any atom is 0.337 e. The van der Waals surface area contributed by atoms with Gasteiger partial charge in [-0.2, -0.15) is 0 Å². The number of fused-ring (bicyclic) bond motifs is 1. The normalized spacial score (nSPS) is 11.3. The molecule has 0 unspecified atom stereocenters. The highest BCUT2D eigenvalue weighted by Crippen LogP contribution is 2.26. The third-order valence-corrected chi connectivity index (χ3v) is 6.69. The Morgan fingerprint density at radius 2 is 2.10 bits per heavy atom. The predicted octanol–water partition coefficient (Wildman–Crippen LogP) is 4.86. The van der Waals surface area contributed by atoms with E-state index < -0.39 is 5.97 Å². The van der Waals surface area contributed by atoms with Crippen LogP contribution in [0.15, 0.2) is 33.5 Å². The van der Waals surface area contributed by atoms with Crippen LogP contribution in [0.3, 0.4) is 0 Å². The molecule has 2 heterocycles. The summed E-state index contributed by atoms with van der Waals surface area (Å²) in [5, 5.41) is 4.33. The van der Waals surface area contributed by atoms with Gasteiger partial charge in [0.2, 0.25) is 0 Å². The van der Waals surface area contributed by atoms with Gasteiger partial charge >= 0.3 is 5.97 Å². The van der Waals surface area contributed by atoms with Crippen LogP contribution < -0.4 is 5.56 Å². The Bertz CT molecular complexity index is 1070. The fourth-order valence-corrected chi connectivity index (χ4v) is 4.72. The number of carbonyl (C=O) groups excluding carboxylic acids is 1. The van der Waals surface area contributed by atoms with Crippen LogP contribution in [0.2, 0.25) is 0 Å². The number of rotatable bonds is 8. The minimum Gasteiger partial charge on any atom is -0.465 e. The second-order valence-corrected chi connectivity index (χ2v) is 8.88. The van der Waals surface area contributed by atoms with Gasteiger partial charge in [0.15, 0.2) is 5.16 Å². The van der Waals surface area contributed by atoms with Crippen molar-refractivity contribution in [2.24, 2.45) is 0 Å². The van der Waals surface area contributed by atoms with Crippen LogP contribution in [0.1, 0.15) is 60.6 Å². The zero-order chi connectivity index (χ0) is 21.0. The van der Waals surface area contributed by atoms with Crippen LogP contribution in [0.25, 0.3) is 10.9 Å². The van der Waals surface area contributed by atoms with Crippen LogP contribution >= 0.6 is 23.1 Å². The van der Waals surface area contributed by atoms with Crippen molar-refractivity contribution >= 4 is 40.0 Å². The van der Waals surface area contributed by atoms with Gasteiger partial charge in [-0.05, 0) is 24.6 Å². The molecule has 0 amide bonds. The highest BCUT2D eigenvalue weighted by molar-refractivity contribution is 7.98. The van der Waals surface area contributed by atoms with Gasteiger partial charge in [-0.1, -0.05) is 39.0 Å². The lowest BCUT2D eigenvalue weighted by atomic mass is 10.1. The van der Waals surface area contributed by atoms with Crippen LogP contribution in [0.5, 0.6) is 0 Å². The number of methoxy groups -OCH3 is 1. The molecule has 0 fully saturated rings. The summed E-state index contributed by atoms with van der Waals surface area (Å²) in [6, 6.07) is 4.89. The number of hydrogen-bond acceptors (Lipinski definition) is 7. The molecule has 0 saturated heterocycles. The smallest absolute Gasteiger partial charge is 0.337 e. The van der Waals surface area contributed by atoms with Crippen LogP contribution in [-0.4, -0.2) is 27.6 Å². The second kappa shape index (κ2) is 9.54. The molecule has 154 valence electrons. The summed E-state index contributed by atoms with van der Waals surface area (Å²) in [6.45, 7) is 6.97. The van der Waals surface area contributed by atoms with Gasteiger partial charge in [0.1, 0.15) is 0 Å². The van der Waals surface area contributed by atoms with Crippen LogP contribution in [0, 0.1) is 0 Å². The van der Waals surface area contributed by atoms with Gasteiger partial charge < -0.3 is 4.74 Å². The number of ether oxygens (including phenoxy) is 1. The second-order valence-electron chi connectivity index (χ2n) is 7.05. The van der Waals surface area contributed by atoms with E-state index in [0.29, 0.717) is 39.8 Å². The van der Waals surface area contributed by atoms with E-state index in [-0.39, 0.29) is 5.56 Å². The topological polar surface area (TPSA) is 74.1 Å². The lowest BCUT2D eigenvalue weighted by Crippen LogP contribution is -2.23. The van der Waals surface area contributed by atoms with Crippen molar-refractivity contribution in [3.05, 3.63) is 50.2 Å². The van der Waals surface area contributed by atoms with E-state index >= 15 is 0 Å². The third-order valence-electron chi connectivity index (χ3n) is 4.49. The predicted molar refractivity (Wildman–Crippen MR) is 118 cm³/mol. The van der Waals surface area contributed by atoms with Gasteiger partial charge in [-0.25, -0.2) is 14.8 Å². The molecule has 3 aromatic rings. The molecular weight excluding hydrogens is 406 g/mol. The summed E-state index contributed by atoms with van der Waals surface area (Å²) < 4.78 is 6.53. The maximum atomic E-state index is 13.1. The Balaban J connectivity index is 1.98. The minimum absolute atomic E-state index is 0.0801. The highest BCUT2D eigenvalue weighted by Gasteiger charge is 2.15. The fraction of sp³-hybridized carbons (Fsp3) is 0.429. The molecule has 0 saturated carbocycles. The molecule has 0 aliphatic heterocycles. The van der Waals surface area contributed by atoms with E-state index in [2.05, 4.69) is 31.1 Å². The van der Waals surface area contributed by atoms with Crippen molar-refractivity contribution in [2.45, 2.75) is 57.0 Å². The number of esters is 1. The first-order valence-corrected chi connectivity index (χ1v) is 11.5. The maximum absolute atomic E-state index is 13.1. The number of carbonyl (C=O) groups is 1. The first-order chi connectivity index (χ1) is 13.9. The lowest BCUT2D eigenvalue weighted by molar-refractivity contribution is 0.0601. The van der Waals surface area contributed by atoms with E-state index in [1.807, 2.05) is 0 Å². The first kappa shape index (κ1) is 21.5. The molecule has 0 N–H and O–H groups in total. The van der Waals surface area contributed by atoms with E-state index in [1.54, 1.807) is 34.1 Å². The van der Waals surface area contributed by atoms with Crippen LogP contribution in [0.4, 0.5) is 0 Å². The quantitative estimate of drug-likeness (QED) is 0.288. The highest BCUT2D eigenvalue weighted by atomic mass is 32.2. The van der Waals surface area contributed by atoms with Crippen molar-refractivity contribution in [2.75, 3.05) is 7.11 Å². The number of nitrogens with zero attached hydrogens (tertiary/aromatic N) is 3.